The van der Waals surface area contributed by atoms with Gasteiger partial charge in [0.2, 0.25) is 0 Å². The highest BCUT2D eigenvalue weighted by atomic mass is 19.1. The van der Waals surface area contributed by atoms with Crippen LogP contribution >= 0.6 is 0 Å². The molecule has 3 amide bonds. The van der Waals surface area contributed by atoms with Crippen LogP contribution in [0.2, 0.25) is 0 Å². The molecule has 0 saturated carbocycles. The molecule has 0 bridgehead atoms. The molecule has 0 aromatic heterocycles. The van der Waals surface area contributed by atoms with Crippen LogP contribution in [0.15, 0.2) is 54.6 Å². The van der Waals surface area contributed by atoms with Crippen molar-refractivity contribution in [2.75, 3.05) is 17.7 Å². The van der Waals surface area contributed by atoms with Crippen molar-refractivity contribution in [2.45, 2.75) is 26.4 Å². The maximum Gasteiger partial charge on any atom is 0.412 e. The monoisotopic (exact) mass is 437 g/mol. The number of halogens is 1. The number of carbonyl (C=O) groups excluding carboxylic acids is 3. The number of ether oxygens (including phenoxy) is 1. The third-order valence-electron chi connectivity index (χ3n) is 4.46. The minimum Gasteiger partial charge on any atom is -0.444 e. The van der Waals surface area contributed by atoms with Crippen LogP contribution in [0.25, 0.3) is 10.8 Å². The van der Waals surface area contributed by atoms with Gasteiger partial charge >= 0.3 is 6.09 Å². The number of rotatable bonds is 4. The van der Waals surface area contributed by atoms with Gasteiger partial charge in [0.25, 0.3) is 11.8 Å². The van der Waals surface area contributed by atoms with E-state index in [4.69, 9.17) is 4.74 Å². The Morgan fingerprint density at radius 3 is 2.12 bits per heavy atom. The summed E-state index contributed by atoms with van der Waals surface area (Å²) in [6.07, 6.45) is -0.703. The van der Waals surface area contributed by atoms with E-state index in [-0.39, 0.29) is 22.5 Å². The van der Waals surface area contributed by atoms with Crippen molar-refractivity contribution in [1.82, 2.24) is 5.32 Å². The van der Waals surface area contributed by atoms with Gasteiger partial charge in [0, 0.05) is 12.7 Å². The average molecular weight is 437 g/mol. The van der Waals surface area contributed by atoms with Crippen LogP contribution in [-0.2, 0) is 4.74 Å². The predicted octanol–water partition coefficient (Wildman–Crippen LogP) is 4.94. The highest BCUT2D eigenvalue weighted by Gasteiger charge is 2.20. The van der Waals surface area contributed by atoms with E-state index in [1.165, 1.54) is 19.2 Å². The number of amides is 3. The number of carbonyl (C=O) groups is 3. The molecule has 3 rings (SSSR count). The number of benzene rings is 3. The van der Waals surface area contributed by atoms with Crippen LogP contribution in [0.5, 0.6) is 0 Å². The van der Waals surface area contributed by atoms with Crippen LogP contribution in [0.3, 0.4) is 0 Å². The van der Waals surface area contributed by atoms with Crippen molar-refractivity contribution in [1.29, 1.82) is 0 Å². The van der Waals surface area contributed by atoms with E-state index in [1.54, 1.807) is 32.9 Å². The maximum atomic E-state index is 13.9. The molecule has 0 radical (unpaired) electrons. The van der Waals surface area contributed by atoms with E-state index in [1.807, 2.05) is 24.3 Å². The van der Waals surface area contributed by atoms with Gasteiger partial charge in [0.1, 0.15) is 11.4 Å². The zero-order valence-corrected chi connectivity index (χ0v) is 18.2. The van der Waals surface area contributed by atoms with Gasteiger partial charge in [-0.2, -0.15) is 0 Å². The molecule has 0 saturated heterocycles. The summed E-state index contributed by atoms with van der Waals surface area (Å²) >= 11 is 0. The van der Waals surface area contributed by atoms with Gasteiger partial charge in [-0.1, -0.05) is 24.3 Å². The fraction of sp³-hybridized carbons (Fsp3) is 0.208. The first-order valence-corrected chi connectivity index (χ1v) is 9.93. The molecule has 3 aromatic carbocycles. The highest BCUT2D eigenvalue weighted by Crippen LogP contribution is 2.26. The number of fused-ring (bicyclic) bond motifs is 1. The summed E-state index contributed by atoms with van der Waals surface area (Å²) in [4.78, 5) is 37.3. The molecule has 8 heteroatoms. The van der Waals surface area contributed by atoms with Gasteiger partial charge in [-0.05, 0) is 61.9 Å². The summed E-state index contributed by atoms with van der Waals surface area (Å²) < 4.78 is 19.3. The molecule has 166 valence electrons. The lowest BCUT2D eigenvalue weighted by atomic mass is 10.0. The second kappa shape index (κ2) is 9.05. The molecule has 0 unspecified atom stereocenters. The summed E-state index contributed by atoms with van der Waals surface area (Å²) in [6, 6.07) is 14.4. The molecule has 0 aliphatic rings. The normalized spacial score (nSPS) is 11.0. The molecule has 3 N–H and O–H groups in total. The molecule has 7 nitrogen and oxygen atoms in total. The summed E-state index contributed by atoms with van der Waals surface area (Å²) in [5.74, 6) is -1.87. The summed E-state index contributed by atoms with van der Waals surface area (Å²) in [7, 11) is 1.39. The smallest absolute Gasteiger partial charge is 0.412 e. The molecule has 32 heavy (non-hydrogen) atoms. The third kappa shape index (κ3) is 5.40. The van der Waals surface area contributed by atoms with Crippen LogP contribution in [0.4, 0.5) is 20.6 Å². The molecule has 0 aliphatic heterocycles. The van der Waals surface area contributed by atoms with Gasteiger partial charge in [-0.3, -0.25) is 14.9 Å². The Morgan fingerprint density at radius 2 is 1.50 bits per heavy atom. The first-order valence-electron chi connectivity index (χ1n) is 9.93. The number of nitrogens with one attached hydrogen (secondary N) is 3. The van der Waals surface area contributed by atoms with Crippen LogP contribution in [-0.4, -0.2) is 30.6 Å². The third-order valence-corrected chi connectivity index (χ3v) is 4.46. The Kier molecular flexibility index (Phi) is 6.43. The topological polar surface area (TPSA) is 96.5 Å². The molecular weight excluding hydrogens is 413 g/mol. The van der Waals surface area contributed by atoms with Crippen molar-refractivity contribution in [3.05, 3.63) is 71.5 Å². The van der Waals surface area contributed by atoms with E-state index in [0.717, 1.165) is 16.8 Å². The first kappa shape index (κ1) is 22.7. The summed E-state index contributed by atoms with van der Waals surface area (Å²) in [6.45, 7) is 5.21. The molecule has 0 atom stereocenters. The Labute approximate surface area is 185 Å². The number of anilines is 2. The van der Waals surface area contributed by atoms with E-state index in [0.29, 0.717) is 0 Å². The van der Waals surface area contributed by atoms with Crippen molar-refractivity contribution in [3.63, 3.8) is 0 Å². The summed E-state index contributed by atoms with van der Waals surface area (Å²) in [5.41, 5.74) is -0.250. The maximum absolute atomic E-state index is 13.9. The van der Waals surface area contributed by atoms with Gasteiger partial charge in [-0.15, -0.1) is 0 Å². The first-order chi connectivity index (χ1) is 15.1. The van der Waals surface area contributed by atoms with Crippen LogP contribution in [0.1, 0.15) is 41.5 Å². The van der Waals surface area contributed by atoms with Crippen LogP contribution < -0.4 is 16.0 Å². The predicted molar refractivity (Wildman–Crippen MR) is 122 cm³/mol. The average Bonchev–Trinajstić information content (AvgIpc) is 2.72. The van der Waals surface area contributed by atoms with Crippen molar-refractivity contribution in [2.24, 2.45) is 0 Å². The minimum absolute atomic E-state index is 0.181. The number of hydrogen-bond donors (Lipinski definition) is 3. The largest absolute Gasteiger partial charge is 0.444 e. The fourth-order valence-electron chi connectivity index (χ4n) is 3.06. The van der Waals surface area contributed by atoms with Gasteiger partial charge in [-0.25, -0.2) is 9.18 Å². The quantitative estimate of drug-likeness (QED) is 0.539. The van der Waals surface area contributed by atoms with Crippen molar-refractivity contribution >= 4 is 40.1 Å². The fourth-order valence-corrected chi connectivity index (χ4v) is 3.06. The standard InChI is InChI=1S/C24H24FN3O4/c1-24(2,3)32-23(31)28-20-12-15-8-6-5-7-14(15)11-18(20)22(30)27-16-9-10-19(25)17(13-16)21(29)26-4/h5-13H,1-4H3,(H,26,29)(H,27,30)(H,28,31). The molecule has 0 fully saturated rings. The van der Waals surface area contributed by atoms with Gasteiger partial charge in [0.05, 0.1) is 16.8 Å². The van der Waals surface area contributed by atoms with E-state index < -0.39 is 29.3 Å². The van der Waals surface area contributed by atoms with Gasteiger partial charge in [0.15, 0.2) is 0 Å². The van der Waals surface area contributed by atoms with E-state index in [2.05, 4.69) is 16.0 Å². The Balaban J connectivity index is 1.96. The zero-order chi connectivity index (χ0) is 23.5. The Bertz CT molecular complexity index is 1200. The number of hydrogen-bond acceptors (Lipinski definition) is 4. The van der Waals surface area contributed by atoms with E-state index >= 15 is 0 Å². The lowest BCUT2D eigenvalue weighted by Crippen LogP contribution is -2.28. The second-order valence-electron chi connectivity index (χ2n) is 8.10. The van der Waals surface area contributed by atoms with Crippen LogP contribution in [0, 0.1) is 5.82 Å². The molecule has 0 spiro atoms. The van der Waals surface area contributed by atoms with E-state index in [9.17, 15) is 18.8 Å². The lowest BCUT2D eigenvalue weighted by molar-refractivity contribution is 0.0635. The SMILES string of the molecule is CNC(=O)c1cc(NC(=O)c2cc3ccccc3cc2NC(=O)OC(C)(C)C)ccc1F. The molecule has 3 aromatic rings. The van der Waals surface area contributed by atoms with Crippen molar-refractivity contribution in [3.8, 4) is 0 Å². The lowest BCUT2D eigenvalue weighted by Gasteiger charge is -2.20. The Hall–Kier alpha value is -3.94. The molecule has 0 aliphatic carbocycles. The molecular formula is C24H24FN3O4. The Morgan fingerprint density at radius 1 is 0.844 bits per heavy atom. The summed E-state index contributed by atoms with van der Waals surface area (Å²) in [5, 5.41) is 9.24. The highest BCUT2D eigenvalue weighted by molar-refractivity contribution is 6.12. The zero-order valence-electron chi connectivity index (χ0n) is 18.2. The van der Waals surface area contributed by atoms with Crippen molar-refractivity contribution < 1.29 is 23.5 Å². The minimum atomic E-state index is -0.715. The molecule has 0 heterocycles. The second-order valence-corrected chi connectivity index (χ2v) is 8.10. The van der Waals surface area contributed by atoms with Gasteiger partial charge < -0.3 is 15.4 Å².